The molecule has 0 radical (unpaired) electrons. The van der Waals surface area contributed by atoms with Crippen LogP contribution < -0.4 is 10.5 Å². The number of carbonyl (C=O) groups excluding carboxylic acids is 1. The monoisotopic (exact) mass is 395 g/mol. The first-order valence-corrected chi connectivity index (χ1v) is 10.5. The number of carbonyl (C=O) groups is 1. The summed E-state index contributed by atoms with van der Waals surface area (Å²) in [7, 11) is 0. The van der Waals surface area contributed by atoms with Crippen LogP contribution in [0.15, 0.2) is 64.5 Å². The summed E-state index contributed by atoms with van der Waals surface area (Å²) in [6.07, 6.45) is 0.812. The van der Waals surface area contributed by atoms with Gasteiger partial charge in [-0.3, -0.25) is 14.2 Å². The number of fused-ring (bicyclic) bond motifs is 1. The highest BCUT2D eigenvalue weighted by atomic mass is 32.2. The number of rotatable bonds is 7. The first-order valence-electron chi connectivity index (χ1n) is 9.56. The Morgan fingerprint density at radius 3 is 2.46 bits per heavy atom. The Bertz CT molecular complexity index is 1020. The number of anilines is 1. The van der Waals surface area contributed by atoms with Crippen LogP contribution in [0.25, 0.3) is 10.9 Å². The third kappa shape index (κ3) is 4.12. The van der Waals surface area contributed by atoms with Crippen molar-refractivity contribution in [2.24, 2.45) is 0 Å². The van der Waals surface area contributed by atoms with Crippen molar-refractivity contribution in [2.75, 3.05) is 17.2 Å². The predicted octanol–water partition coefficient (Wildman–Crippen LogP) is 4.51. The summed E-state index contributed by atoms with van der Waals surface area (Å²) >= 11 is 1.33. The van der Waals surface area contributed by atoms with Crippen molar-refractivity contribution in [3.8, 4) is 0 Å². The molecule has 0 aliphatic heterocycles. The highest BCUT2D eigenvalue weighted by Gasteiger charge is 2.19. The lowest BCUT2D eigenvalue weighted by molar-refractivity contribution is -0.116. The van der Waals surface area contributed by atoms with Crippen LogP contribution in [0.5, 0.6) is 0 Å². The molecule has 0 aliphatic rings. The molecule has 3 aromatic rings. The molecule has 3 rings (SSSR count). The van der Waals surface area contributed by atoms with Gasteiger partial charge >= 0.3 is 0 Å². The van der Waals surface area contributed by atoms with E-state index in [-0.39, 0.29) is 23.3 Å². The van der Waals surface area contributed by atoms with Crippen LogP contribution in [0, 0.1) is 0 Å². The van der Waals surface area contributed by atoms with Gasteiger partial charge in [-0.2, -0.15) is 0 Å². The number of hydrogen-bond donors (Lipinski definition) is 0. The minimum atomic E-state index is -0.0506. The number of para-hydroxylation sites is 2. The van der Waals surface area contributed by atoms with Gasteiger partial charge in [-0.1, -0.05) is 49.0 Å². The van der Waals surface area contributed by atoms with Crippen LogP contribution in [0.1, 0.15) is 33.2 Å². The van der Waals surface area contributed by atoms with E-state index in [0.29, 0.717) is 22.6 Å². The maximum atomic E-state index is 13.0. The molecule has 1 atom stereocenters. The van der Waals surface area contributed by atoms with Gasteiger partial charge in [0, 0.05) is 18.3 Å². The number of benzene rings is 2. The number of aromatic nitrogens is 2. The second-order valence-electron chi connectivity index (χ2n) is 6.61. The Labute approximate surface area is 169 Å². The lowest BCUT2D eigenvalue weighted by Crippen LogP contribution is -2.32. The molecule has 0 saturated heterocycles. The molecular weight excluding hydrogens is 370 g/mol. The second kappa shape index (κ2) is 9.06. The average molecular weight is 396 g/mol. The maximum Gasteiger partial charge on any atom is 0.262 e. The van der Waals surface area contributed by atoms with E-state index in [1.54, 1.807) is 15.5 Å². The van der Waals surface area contributed by atoms with Gasteiger partial charge in [0.15, 0.2) is 5.16 Å². The van der Waals surface area contributed by atoms with Crippen LogP contribution in [-0.4, -0.2) is 27.8 Å². The third-order valence-corrected chi connectivity index (χ3v) is 5.75. The van der Waals surface area contributed by atoms with Crippen LogP contribution in [-0.2, 0) is 4.79 Å². The Morgan fingerprint density at radius 2 is 1.79 bits per heavy atom. The van der Waals surface area contributed by atoms with Gasteiger partial charge in [-0.25, -0.2) is 4.98 Å². The summed E-state index contributed by atoms with van der Waals surface area (Å²) < 4.78 is 1.72. The minimum Gasteiger partial charge on any atom is -0.312 e. The summed E-state index contributed by atoms with van der Waals surface area (Å²) in [5.74, 6) is 0.223. The molecular formula is C22H25N3O2S. The molecule has 5 nitrogen and oxygen atoms in total. The second-order valence-corrected chi connectivity index (χ2v) is 7.55. The predicted molar refractivity (Wildman–Crippen MR) is 116 cm³/mol. The molecule has 1 amide bonds. The molecule has 146 valence electrons. The highest BCUT2D eigenvalue weighted by molar-refractivity contribution is 7.99. The summed E-state index contributed by atoms with van der Waals surface area (Å²) in [4.78, 5) is 32.3. The van der Waals surface area contributed by atoms with Gasteiger partial charge in [0.1, 0.15) is 0 Å². The fourth-order valence-electron chi connectivity index (χ4n) is 3.11. The van der Waals surface area contributed by atoms with E-state index in [0.717, 1.165) is 12.1 Å². The van der Waals surface area contributed by atoms with Gasteiger partial charge in [0.2, 0.25) is 5.91 Å². The molecule has 1 heterocycles. The standard InChI is InChI=1S/C22H25N3O2S/c1-4-16(3)25-21(27)18-13-9-10-14-19(18)23-22(25)28-15-20(26)24(5-2)17-11-7-6-8-12-17/h6-14,16H,4-5,15H2,1-3H3/t16-/m1/s1. The van der Waals surface area contributed by atoms with E-state index >= 15 is 0 Å². The van der Waals surface area contributed by atoms with Crippen LogP contribution in [0.4, 0.5) is 5.69 Å². The zero-order chi connectivity index (χ0) is 20.1. The minimum absolute atomic E-state index is 0.00295. The molecule has 0 unspecified atom stereocenters. The van der Waals surface area contributed by atoms with Gasteiger partial charge in [0.05, 0.1) is 16.7 Å². The molecule has 0 spiro atoms. The molecule has 0 N–H and O–H groups in total. The van der Waals surface area contributed by atoms with Crippen molar-refractivity contribution < 1.29 is 4.79 Å². The van der Waals surface area contributed by atoms with Crippen molar-refractivity contribution in [1.29, 1.82) is 0 Å². The first-order chi connectivity index (χ1) is 13.6. The topological polar surface area (TPSA) is 55.2 Å². The van der Waals surface area contributed by atoms with Gasteiger partial charge in [-0.05, 0) is 44.5 Å². The van der Waals surface area contributed by atoms with E-state index in [9.17, 15) is 9.59 Å². The quantitative estimate of drug-likeness (QED) is 0.436. The molecule has 0 fully saturated rings. The lowest BCUT2D eigenvalue weighted by atomic mass is 10.2. The summed E-state index contributed by atoms with van der Waals surface area (Å²) in [5.41, 5.74) is 1.49. The van der Waals surface area contributed by atoms with E-state index < -0.39 is 0 Å². The largest absolute Gasteiger partial charge is 0.312 e. The van der Waals surface area contributed by atoms with Crippen molar-refractivity contribution >= 4 is 34.3 Å². The number of hydrogen-bond acceptors (Lipinski definition) is 4. The maximum absolute atomic E-state index is 13.0. The van der Waals surface area contributed by atoms with Crippen molar-refractivity contribution in [3.63, 3.8) is 0 Å². The number of thioether (sulfide) groups is 1. The third-order valence-electron chi connectivity index (χ3n) is 4.82. The number of nitrogens with zero attached hydrogens (tertiary/aromatic N) is 3. The average Bonchev–Trinajstić information content (AvgIpc) is 2.73. The smallest absolute Gasteiger partial charge is 0.262 e. The molecule has 28 heavy (non-hydrogen) atoms. The number of amides is 1. The van der Waals surface area contributed by atoms with Crippen LogP contribution in [0.3, 0.4) is 0 Å². The lowest BCUT2D eigenvalue weighted by Gasteiger charge is -2.22. The zero-order valence-corrected chi connectivity index (χ0v) is 17.3. The van der Waals surface area contributed by atoms with Crippen molar-refractivity contribution in [2.45, 2.75) is 38.4 Å². The van der Waals surface area contributed by atoms with E-state index in [1.165, 1.54) is 11.8 Å². The first kappa shape index (κ1) is 20.1. The molecule has 0 saturated carbocycles. The summed E-state index contributed by atoms with van der Waals surface area (Å²) in [6, 6.07) is 17.0. The van der Waals surface area contributed by atoms with E-state index in [4.69, 9.17) is 4.98 Å². The Kier molecular flexibility index (Phi) is 6.52. The van der Waals surface area contributed by atoms with Crippen molar-refractivity contribution in [3.05, 3.63) is 65.0 Å². The summed E-state index contributed by atoms with van der Waals surface area (Å²) in [5, 5.41) is 1.20. The van der Waals surface area contributed by atoms with Crippen LogP contribution in [0.2, 0.25) is 0 Å². The normalized spacial score (nSPS) is 12.1. The van der Waals surface area contributed by atoms with E-state index in [2.05, 4.69) is 0 Å². The molecule has 0 aliphatic carbocycles. The molecule has 1 aromatic heterocycles. The Balaban J connectivity index is 1.91. The van der Waals surface area contributed by atoms with Gasteiger partial charge in [-0.15, -0.1) is 0 Å². The van der Waals surface area contributed by atoms with Crippen LogP contribution >= 0.6 is 11.8 Å². The van der Waals surface area contributed by atoms with E-state index in [1.807, 2.05) is 69.3 Å². The fourth-order valence-corrected chi connectivity index (χ4v) is 4.09. The molecule has 2 aromatic carbocycles. The van der Waals surface area contributed by atoms with Gasteiger partial charge < -0.3 is 4.90 Å². The molecule has 0 bridgehead atoms. The van der Waals surface area contributed by atoms with Crippen molar-refractivity contribution in [1.82, 2.24) is 9.55 Å². The summed E-state index contributed by atoms with van der Waals surface area (Å²) in [6.45, 7) is 6.60. The highest BCUT2D eigenvalue weighted by Crippen LogP contribution is 2.23. The Morgan fingerprint density at radius 1 is 1.11 bits per heavy atom. The van der Waals surface area contributed by atoms with Gasteiger partial charge in [0.25, 0.3) is 5.56 Å². The zero-order valence-electron chi connectivity index (χ0n) is 16.5. The Hall–Kier alpha value is -2.60. The SMILES string of the molecule is CC[C@@H](C)n1c(SCC(=O)N(CC)c2ccccc2)nc2ccccc2c1=O. The fraction of sp³-hybridized carbons (Fsp3) is 0.318. The molecule has 6 heteroatoms.